The van der Waals surface area contributed by atoms with Crippen molar-refractivity contribution in [3.63, 3.8) is 0 Å². The summed E-state index contributed by atoms with van der Waals surface area (Å²) in [6.07, 6.45) is 1.38. The Bertz CT molecular complexity index is 843. The molecule has 1 aromatic heterocycles. The molecule has 0 bridgehead atoms. The number of anilines is 1. The van der Waals surface area contributed by atoms with E-state index >= 15 is 0 Å². The highest BCUT2D eigenvalue weighted by Gasteiger charge is 2.19. The molecule has 1 amide bonds. The van der Waals surface area contributed by atoms with Crippen LogP contribution in [-0.4, -0.2) is 31.3 Å². The third-order valence-electron chi connectivity index (χ3n) is 3.09. The lowest BCUT2D eigenvalue weighted by atomic mass is 10.2. The maximum atomic E-state index is 12.2. The molecular formula is C15H13Cl3N4O3. The molecule has 7 nitrogen and oxygen atoms in total. The minimum Gasteiger partial charge on any atom is -0.493 e. The first-order chi connectivity index (χ1) is 11.9. The van der Waals surface area contributed by atoms with Gasteiger partial charge in [0.2, 0.25) is 0 Å². The van der Waals surface area contributed by atoms with Crippen molar-refractivity contribution in [3.8, 4) is 11.5 Å². The van der Waals surface area contributed by atoms with E-state index in [4.69, 9.17) is 50.0 Å². The molecule has 0 aliphatic carbocycles. The number of hydrogen-bond acceptors (Lipinski definition) is 6. The monoisotopic (exact) mass is 402 g/mol. The summed E-state index contributed by atoms with van der Waals surface area (Å²) in [5, 5.41) is 3.59. The van der Waals surface area contributed by atoms with E-state index in [-0.39, 0.29) is 26.6 Å². The van der Waals surface area contributed by atoms with Crippen LogP contribution >= 0.6 is 34.8 Å². The standard InChI is InChI=1S/C15H13Cl3N4O3/c1-24-8-5-3-4-7(13(8)25-2)6-20-22-15(23)12-9(16)11(19)10(17)14(18)21-12/h3-6H,1-2H3,(H2,19,21)(H,22,23)/b20-6-. The minimum atomic E-state index is -0.701. The Kier molecular flexibility index (Phi) is 6.30. The summed E-state index contributed by atoms with van der Waals surface area (Å²) in [6.45, 7) is 0. The number of nitrogens with two attached hydrogens (primary N) is 1. The Hall–Kier alpha value is -2.22. The number of halogens is 3. The molecule has 0 saturated carbocycles. The quantitative estimate of drug-likeness (QED) is 0.453. The van der Waals surface area contributed by atoms with E-state index < -0.39 is 5.91 Å². The molecule has 0 unspecified atom stereocenters. The van der Waals surface area contributed by atoms with E-state index in [0.29, 0.717) is 17.1 Å². The fourth-order valence-corrected chi connectivity index (χ4v) is 2.50. The Morgan fingerprint density at radius 2 is 1.96 bits per heavy atom. The molecule has 1 aromatic carbocycles. The summed E-state index contributed by atoms with van der Waals surface area (Å²) in [7, 11) is 3.01. The van der Waals surface area contributed by atoms with Crippen LogP contribution in [0.2, 0.25) is 15.2 Å². The lowest BCUT2D eigenvalue weighted by Gasteiger charge is -2.10. The van der Waals surface area contributed by atoms with Gasteiger partial charge in [-0.25, -0.2) is 10.4 Å². The molecule has 0 atom stereocenters. The zero-order valence-electron chi connectivity index (χ0n) is 13.1. The number of amides is 1. The number of benzene rings is 1. The van der Waals surface area contributed by atoms with Gasteiger partial charge in [-0.05, 0) is 12.1 Å². The maximum Gasteiger partial charge on any atom is 0.291 e. The van der Waals surface area contributed by atoms with Crippen LogP contribution in [-0.2, 0) is 0 Å². The molecular weight excluding hydrogens is 391 g/mol. The van der Waals surface area contributed by atoms with Crippen molar-refractivity contribution in [2.45, 2.75) is 0 Å². The van der Waals surface area contributed by atoms with Crippen LogP contribution in [0.15, 0.2) is 23.3 Å². The molecule has 0 saturated heterocycles. The van der Waals surface area contributed by atoms with Crippen molar-refractivity contribution in [1.29, 1.82) is 0 Å². The first-order valence-corrected chi connectivity index (χ1v) is 7.88. The molecule has 2 aromatic rings. The number of methoxy groups -OCH3 is 2. The lowest BCUT2D eigenvalue weighted by molar-refractivity contribution is 0.0950. The molecule has 0 radical (unpaired) electrons. The number of nitrogens with one attached hydrogen (secondary N) is 1. The predicted octanol–water partition coefficient (Wildman–Crippen LogP) is 3.41. The van der Waals surface area contributed by atoms with Crippen LogP contribution in [0.5, 0.6) is 11.5 Å². The highest BCUT2D eigenvalue weighted by Crippen LogP contribution is 2.34. The van der Waals surface area contributed by atoms with Crippen molar-refractivity contribution < 1.29 is 14.3 Å². The second kappa shape index (κ2) is 8.24. The van der Waals surface area contributed by atoms with Crippen LogP contribution in [0, 0.1) is 0 Å². The third-order valence-corrected chi connectivity index (χ3v) is 4.23. The molecule has 0 spiro atoms. The zero-order valence-corrected chi connectivity index (χ0v) is 15.4. The van der Waals surface area contributed by atoms with Gasteiger partial charge in [0.25, 0.3) is 5.91 Å². The third kappa shape index (κ3) is 4.07. The van der Waals surface area contributed by atoms with Gasteiger partial charge in [-0.1, -0.05) is 40.9 Å². The first-order valence-electron chi connectivity index (χ1n) is 6.75. The van der Waals surface area contributed by atoms with Crippen molar-refractivity contribution >= 4 is 52.6 Å². The van der Waals surface area contributed by atoms with E-state index in [9.17, 15) is 4.79 Å². The lowest BCUT2D eigenvalue weighted by Crippen LogP contribution is -2.20. The maximum absolute atomic E-state index is 12.2. The first kappa shape index (κ1) is 19.1. The van der Waals surface area contributed by atoms with E-state index in [0.717, 1.165) is 0 Å². The second-order valence-corrected chi connectivity index (χ2v) is 5.69. The summed E-state index contributed by atoms with van der Waals surface area (Å²) in [6, 6.07) is 5.22. The fourth-order valence-electron chi connectivity index (χ4n) is 1.91. The summed E-state index contributed by atoms with van der Waals surface area (Å²) in [4.78, 5) is 16.0. The summed E-state index contributed by atoms with van der Waals surface area (Å²) < 4.78 is 10.4. The van der Waals surface area contributed by atoms with Gasteiger partial charge in [0.05, 0.1) is 31.1 Å². The van der Waals surface area contributed by atoms with Gasteiger partial charge in [0, 0.05) is 5.56 Å². The molecule has 2 rings (SSSR count). The van der Waals surface area contributed by atoms with Crippen LogP contribution in [0.3, 0.4) is 0 Å². The predicted molar refractivity (Wildman–Crippen MR) is 98.3 cm³/mol. The summed E-state index contributed by atoms with van der Waals surface area (Å²) >= 11 is 17.6. The highest BCUT2D eigenvalue weighted by molar-refractivity contribution is 6.46. The van der Waals surface area contributed by atoms with Crippen molar-refractivity contribution in [2.24, 2.45) is 5.10 Å². The van der Waals surface area contributed by atoms with Crippen LogP contribution in [0.25, 0.3) is 0 Å². The van der Waals surface area contributed by atoms with Gasteiger partial charge in [-0.3, -0.25) is 4.79 Å². The Morgan fingerprint density at radius 1 is 1.24 bits per heavy atom. The topological polar surface area (TPSA) is 98.8 Å². The fraction of sp³-hybridized carbons (Fsp3) is 0.133. The second-order valence-electron chi connectivity index (χ2n) is 4.57. The van der Waals surface area contributed by atoms with Gasteiger partial charge in [-0.2, -0.15) is 5.10 Å². The molecule has 132 valence electrons. The smallest absolute Gasteiger partial charge is 0.291 e. The average Bonchev–Trinajstić information content (AvgIpc) is 2.62. The van der Waals surface area contributed by atoms with E-state index in [1.54, 1.807) is 18.2 Å². The molecule has 10 heteroatoms. The van der Waals surface area contributed by atoms with Crippen molar-refractivity contribution in [2.75, 3.05) is 20.0 Å². The number of hydrazone groups is 1. The molecule has 0 fully saturated rings. The normalized spacial score (nSPS) is 10.8. The number of carbonyl (C=O) groups is 1. The number of hydrogen-bond donors (Lipinski definition) is 2. The van der Waals surface area contributed by atoms with E-state index in [1.807, 2.05) is 0 Å². The number of para-hydroxylation sites is 1. The summed E-state index contributed by atoms with van der Waals surface area (Å²) in [5.41, 5.74) is 8.32. The summed E-state index contributed by atoms with van der Waals surface area (Å²) in [5.74, 6) is 0.297. The molecule has 3 N–H and O–H groups in total. The van der Waals surface area contributed by atoms with E-state index in [2.05, 4.69) is 15.5 Å². The number of ether oxygens (including phenoxy) is 2. The SMILES string of the molecule is COc1cccc(/C=N\NC(=O)c2nc(Cl)c(Cl)c(N)c2Cl)c1OC. The minimum absolute atomic E-state index is 0.0205. The van der Waals surface area contributed by atoms with Gasteiger partial charge in [-0.15, -0.1) is 0 Å². The van der Waals surface area contributed by atoms with Gasteiger partial charge < -0.3 is 15.2 Å². The Balaban J connectivity index is 2.23. The Labute approximate surface area is 158 Å². The molecule has 25 heavy (non-hydrogen) atoms. The molecule has 1 heterocycles. The molecule has 0 aliphatic rings. The van der Waals surface area contributed by atoms with Gasteiger partial charge in [0.15, 0.2) is 22.3 Å². The number of aromatic nitrogens is 1. The van der Waals surface area contributed by atoms with Crippen molar-refractivity contribution in [3.05, 3.63) is 44.7 Å². The van der Waals surface area contributed by atoms with Gasteiger partial charge in [0.1, 0.15) is 5.02 Å². The highest BCUT2D eigenvalue weighted by atomic mass is 35.5. The zero-order chi connectivity index (χ0) is 18.6. The number of nitrogens with zero attached hydrogens (tertiary/aromatic N) is 2. The number of rotatable bonds is 5. The van der Waals surface area contributed by atoms with Crippen molar-refractivity contribution in [1.82, 2.24) is 10.4 Å². The largest absolute Gasteiger partial charge is 0.493 e. The Morgan fingerprint density at radius 3 is 2.60 bits per heavy atom. The average molecular weight is 404 g/mol. The number of carbonyl (C=O) groups excluding carboxylic acids is 1. The molecule has 0 aliphatic heterocycles. The van der Waals surface area contributed by atoms with Crippen LogP contribution in [0.4, 0.5) is 5.69 Å². The van der Waals surface area contributed by atoms with E-state index in [1.165, 1.54) is 20.4 Å². The number of pyridine rings is 1. The van der Waals surface area contributed by atoms with Crippen LogP contribution < -0.4 is 20.6 Å². The number of nitrogen functional groups attached to an aromatic ring is 1. The van der Waals surface area contributed by atoms with Crippen LogP contribution in [0.1, 0.15) is 16.1 Å². The van der Waals surface area contributed by atoms with Gasteiger partial charge >= 0.3 is 0 Å².